The number of aryl methyl sites for hydroxylation is 1. The van der Waals surface area contributed by atoms with E-state index in [1.807, 2.05) is 6.92 Å². The summed E-state index contributed by atoms with van der Waals surface area (Å²) in [7, 11) is 3.06. The summed E-state index contributed by atoms with van der Waals surface area (Å²) in [4.78, 5) is 12.0. The Hall–Kier alpha value is -2.54. The minimum atomic E-state index is -0.923. The number of amides is 1. The first-order chi connectivity index (χ1) is 11.1. The Morgan fingerprint density at radius 2 is 2.13 bits per heavy atom. The minimum Gasteiger partial charge on any atom is -0.497 e. The molecule has 0 saturated carbocycles. The number of hydrogen-bond acceptors (Lipinski definition) is 5. The lowest BCUT2D eigenvalue weighted by molar-refractivity contribution is 0.0909. The molecule has 1 aromatic heterocycles. The minimum absolute atomic E-state index is 0.0384. The maximum absolute atomic E-state index is 12.0. The number of hydrogen-bond donors (Lipinski definition) is 3. The third kappa shape index (κ3) is 4.01. The van der Waals surface area contributed by atoms with Crippen molar-refractivity contribution in [1.29, 1.82) is 0 Å². The maximum atomic E-state index is 12.0. The maximum Gasteiger partial charge on any atom is 0.271 e. The molecule has 1 aromatic carbocycles. The molecule has 0 aliphatic heterocycles. The van der Waals surface area contributed by atoms with E-state index in [-0.39, 0.29) is 12.5 Å². The highest BCUT2D eigenvalue weighted by atomic mass is 16.5. The van der Waals surface area contributed by atoms with Gasteiger partial charge in [0.05, 0.1) is 14.2 Å². The van der Waals surface area contributed by atoms with Crippen molar-refractivity contribution in [1.82, 2.24) is 15.5 Å². The summed E-state index contributed by atoms with van der Waals surface area (Å²) in [5.41, 5.74) is 1.72. The van der Waals surface area contributed by atoms with Gasteiger partial charge in [0.15, 0.2) is 0 Å². The summed E-state index contributed by atoms with van der Waals surface area (Å²) >= 11 is 0. The molecule has 0 bridgehead atoms. The first kappa shape index (κ1) is 16.8. The number of nitrogens with zero attached hydrogens (tertiary/aromatic N) is 1. The van der Waals surface area contributed by atoms with Crippen LogP contribution in [0.15, 0.2) is 24.3 Å². The Labute approximate surface area is 134 Å². The van der Waals surface area contributed by atoms with E-state index in [0.717, 1.165) is 12.1 Å². The lowest BCUT2D eigenvalue weighted by Crippen LogP contribution is -2.28. The predicted molar refractivity (Wildman–Crippen MR) is 84.8 cm³/mol. The van der Waals surface area contributed by atoms with Gasteiger partial charge in [-0.25, -0.2) is 0 Å². The quantitative estimate of drug-likeness (QED) is 0.718. The van der Waals surface area contributed by atoms with Crippen LogP contribution < -0.4 is 14.8 Å². The van der Waals surface area contributed by atoms with Gasteiger partial charge in [-0.1, -0.05) is 6.92 Å². The Balaban J connectivity index is 2.04. The summed E-state index contributed by atoms with van der Waals surface area (Å²) in [6.45, 7) is 2.00. The van der Waals surface area contributed by atoms with Gasteiger partial charge in [0, 0.05) is 17.8 Å². The number of H-pyrrole nitrogens is 1. The van der Waals surface area contributed by atoms with Gasteiger partial charge in [-0.2, -0.15) is 5.10 Å². The van der Waals surface area contributed by atoms with E-state index in [2.05, 4.69) is 15.5 Å². The average molecular weight is 319 g/mol. The SMILES string of the molecule is CCc1cc(C(=O)NCC(O)c2cc(OC)ccc2OC)n[nH]1. The number of nitrogens with one attached hydrogen (secondary N) is 2. The monoisotopic (exact) mass is 319 g/mol. The van der Waals surface area contributed by atoms with Crippen molar-refractivity contribution in [2.75, 3.05) is 20.8 Å². The number of aromatic amines is 1. The third-order valence-corrected chi connectivity index (χ3v) is 3.50. The second kappa shape index (κ2) is 7.64. The van der Waals surface area contributed by atoms with Crippen molar-refractivity contribution in [3.05, 3.63) is 41.2 Å². The average Bonchev–Trinajstić information content (AvgIpc) is 3.08. The molecule has 2 aromatic rings. The molecule has 3 N–H and O–H groups in total. The van der Waals surface area contributed by atoms with E-state index in [1.165, 1.54) is 7.11 Å². The fourth-order valence-corrected chi connectivity index (χ4v) is 2.15. The van der Waals surface area contributed by atoms with Gasteiger partial charge in [-0.15, -0.1) is 0 Å². The highest BCUT2D eigenvalue weighted by molar-refractivity contribution is 5.92. The smallest absolute Gasteiger partial charge is 0.271 e. The van der Waals surface area contributed by atoms with Crippen LogP contribution in [0.5, 0.6) is 11.5 Å². The Bertz CT molecular complexity index is 669. The standard InChI is InChI=1S/C16H21N3O4/c1-4-10-7-13(19-18-10)16(21)17-9-14(20)12-8-11(22-2)5-6-15(12)23-3/h5-8,14,20H,4,9H2,1-3H3,(H,17,21)(H,18,19). The number of carbonyl (C=O) groups is 1. The summed E-state index contributed by atoms with van der Waals surface area (Å²) in [6.07, 6.45) is -0.155. The van der Waals surface area contributed by atoms with Crippen molar-refractivity contribution < 1.29 is 19.4 Å². The first-order valence-corrected chi connectivity index (χ1v) is 7.31. The summed E-state index contributed by atoms with van der Waals surface area (Å²) in [6, 6.07) is 6.82. The van der Waals surface area contributed by atoms with Crippen LogP contribution in [-0.4, -0.2) is 42.0 Å². The fourth-order valence-electron chi connectivity index (χ4n) is 2.15. The third-order valence-electron chi connectivity index (χ3n) is 3.50. The van der Waals surface area contributed by atoms with Crippen molar-refractivity contribution in [3.8, 4) is 11.5 Å². The Kier molecular flexibility index (Phi) is 5.59. The van der Waals surface area contributed by atoms with Gasteiger partial charge >= 0.3 is 0 Å². The number of aromatic nitrogens is 2. The first-order valence-electron chi connectivity index (χ1n) is 7.31. The molecular weight excluding hydrogens is 298 g/mol. The molecule has 0 aliphatic rings. The van der Waals surface area contributed by atoms with Gasteiger partial charge in [0.25, 0.3) is 5.91 Å². The molecule has 7 nitrogen and oxygen atoms in total. The van der Waals surface area contributed by atoms with Crippen LogP contribution in [0.1, 0.15) is 34.8 Å². The molecule has 0 spiro atoms. The fraction of sp³-hybridized carbons (Fsp3) is 0.375. The molecule has 1 unspecified atom stereocenters. The summed E-state index contributed by atoms with van der Waals surface area (Å²) < 4.78 is 10.4. The number of aliphatic hydroxyl groups is 1. The van der Waals surface area contributed by atoms with Crippen LogP contribution in [0, 0.1) is 0 Å². The number of benzene rings is 1. The van der Waals surface area contributed by atoms with Crippen molar-refractivity contribution in [2.45, 2.75) is 19.4 Å². The van der Waals surface area contributed by atoms with Gasteiger partial charge < -0.3 is 19.9 Å². The molecule has 0 saturated heterocycles. The topological polar surface area (TPSA) is 96.5 Å². The van der Waals surface area contributed by atoms with Crippen molar-refractivity contribution >= 4 is 5.91 Å². The summed E-state index contributed by atoms with van der Waals surface area (Å²) in [5, 5.41) is 19.7. The van der Waals surface area contributed by atoms with Crippen LogP contribution in [-0.2, 0) is 6.42 Å². The van der Waals surface area contributed by atoms with Crippen LogP contribution in [0.3, 0.4) is 0 Å². The molecule has 1 heterocycles. The summed E-state index contributed by atoms with van der Waals surface area (Å²) in [5.74, 6) is 0.786. The number of aliphatic hydroxyl groups excluding tert-OH is 1. The van der Waals surface area contributed by atoms with E-state index < -0.39 is 6.10 Å². The molecule has 1 amide bonds. The largest absolute Gasteiger partial charge is 0.497 e. The molecule has 0 fully saturated rings. The van der Waals surface area contributed by atoms with Crippen LogP contribution in [0.4, 0.5) is 0 Å². The second-order valence-corrected chi connectivity index (χ2v) is 4.97. The zero-order chi connectivity index (χ0) is 16.8. The molecule has 0 aliphatic carbocycles. The second-order valence-electron chi connectivity index (χ2n) is 4.97. The van der Waals surface area contributed by atoms with E-state index in [9.17, 15) is 9.90 Å². The van der Waals surface area contributed by atoms with E-state index in [4.69, 9.17) is 9.47 Å². The van der Waals surface area contributed by atoms with Gasteiger partial charge in [-0.3, -0.25) is 9.89 Å². The van der Waals surface area contributed by atoms with Crippen molar-refractivity contribution in [3.63, 3.8) is 0 Å². The molecule has 0 radical (unpaired) electrons. The van der Waals surface area contributed by atoms with Gasteiger partial charge in [-0.05, 0) is 30.7 Å². The Morgan fingerprint density at radius 1 is 1.35 bits per heavy atom. The van der Waals surface area contributed by atoms with E-state index >= 15 is 0 Å². The van der Waals surface area contributed by atoms with Gasteiger partial charge in [0.2, 0.25) is 0 Å². The van der Waals surface area contributed by atoms with E-state index in [0.29, 0.717) is 22.8 Å². The molecule has 1 atom stereocenters. The molecule has 23 heavy (non-hydrogen) atoms. The zero-order valence-corrected chi connectivity index (χ0v) is 13.4. The Morgan fingerprint density at radius 3 is 2.74 bits per heavy atom. The molecule has 7 heteroatoms. The van der Waals surface area contributed by atoms with Crippen LogP contribution in [0.25, 0.3) is 0 Å². The predicted octanol–water partition coefficient (Wildman–Crippen LogP) is 1.45. The normalized spacial score (nSPS) is 11.8. The highest BCUT2D eigenvalue weighted by Crippen LogP contribution is 2.29. The van der Waals surface area contributed by atoms with Crippen LogP contribution in [0.2, 0.25) is 0 Å². The molecular formula is C16H21N3O4. The van der Waals surface area contributed by atoms with Crippen LogP contribution >= 0.6 is 0 Å². The molecule has 2 rings (SSSR count). The zero-order valence-electron chi connectivity index (χ0n) is 13.4. The van der Waals surface area contributed by atoms with Crippen molar-refractivity contribution in [2.24, 2.45) is 0 Å². The lowest BCUT2D eigenvalue weighted by Gasteiger charge is -2.16. The lowest BCUT2D eigenvalue weighted by atomic mass is 10.1. The number of rotatable bonds is 7. The molecule has 124 valence electrons. The van der Waals surface area contributed by atoms with E-state index in [1.54, 1.807) is 31.4 Å². The highest BCUT2D eigenvalue weighted by Gasteiger charge is 2.17. The number of methoxy groups -OCH3 is 2. The van der Waals surface area contributed by atoms with Gasteiger partial charge in [0.1, 0.15) is 23.3 Å². The number of ether oxygens (including phenoxy) is 2. The number of carbonyl (C=O) groups excluding carboxylic acids is 1.